The van der Waals surface area contributed by atoms with Crippen LogP contribution in [0.3, 0.4) is 0 Å². The predicted molar refractivity (Wildman–Crippen MR) is 74.3 cm³/mol. The summed E-state index contributed by atoms with van der Waals surface area (Å²) in [4.78, 5) is 4.48. The summed E-state index contributed by atoms with van der Waals surface area (Å²) in [7, 11) is 1.68. The topological polar surface area (TPSA) is 63.6 Å². The van der Waals surface area contributed by atoms with Gasteiger partial charge in [-0.2, -0.15) is 0 Å². The van der Waals surface area contributed by atoms with Crippen LogP contribution in [0.15, 0.2) is 12.1 Å². The number of ether oxygens (including phenoxy) is 2. The minimum atomic E-state index is -0.346. The van der Waals surface area contributed by atoms with Gasteiger partial charge in [0.05, 0.1) is 25.0 Å². The number of nitrogens with zero attached hydrogens (tertiary/aromatic N) is 1. The Bertz CT molecular complexity index is 370. The normalized spacial score (nSPS) is 12.4. The lowest BCUT2D eigenvalue weighted by molar-refractivity contribution is 0.155. The Labute approximate surface area is 115 Å². The zero-order valence-electron chi connectivity index (χ0n) is 12.0. The fraction of sp³-hybridized carbons (Fsp3) is 0.643. The van der Waals surface area contributed by atoms with Gasteiger partial charge in [-0.3, -0.25) is 4.98 Å². The number of aliphatic hydroxyl groups is 1. The van der Waals surface area contributed by atoms with Crippen molar-refractivity contribution < 1.29 is 14.6 Å². The molecule has 1 aromatic rings. The van der Waals surface area contributed by atoms with Crippen LogP contribution in [0.25, 0.3) is 0 Å². The number of aliphatic hydroxyl groups excluding tert-OH is 1. The Morgan fingerprint density at radius 3 is 2.84 bits per heavy atom. The Morgan fingerprint density at radius 1 is 1.37 bits per heavy atom. The lowest BCUT2D eigenvalue weighted by atomic mass is 10.2. The third kappa shape index (κ3) is 6.52. The Balaban J connectivity index is 2.53. The summed E-state index contributed by atoms with van der Waals surface area (Å²) in [6, 6.07) is 3.86. The first kappa shape index (κ1) is 15.9. The minimum absolute atomic E-state index is 0.346. The van der Waals surface area contributed by atoms with Crippen molar-refractivity contribution in [2.45, 2.75) is 32.9 Å². The SMILES string of the molecule is COCCNCc1nc(C)ccc1OCCC(C)O. The molecule has 0 spiro atoms. The van der Waals surface area contributed by atoms with Crippen LogP contribution in [-0.2, 0) is 11.3 Å². The van der Waals surface area contributed by atoms with E-state index in [4.69, 9.17) is 9.47 Å². The number of methoxy groups -OCH3 is 1. The average Bonchev–Trinajstić information content (AvgIpc) is 2.36. The van der Waals surface area contributed by atoms with Crippen LogP contribution >= 0.6 is 0 Å². The van der Waals surface area contributed by atoms with E-state index in [1.807, 2.05) is 19.1 Å². The van der Waals surface area contributed by atoms with E-state index in [2.05, 4.69) is 10.3 Å². The molecule has 0 aromatic carbocycles. The first-order valence-electron chi connectivity index (χ1n) is 6.60. The zero-order valence-corrected chi connectivity index (χ0v) is 12.0. The van der Waals surface area contributed by atoms with Gasteiger partial charge in [-0.1, -0.05) is 0 Å². The van der Waals surface area contributed by atoms with Crippen LogP contribution < -0.4 is 10.1 Å². The summed E-state index contributed by atoms with van der Waals surface area (Å²) < 4.78 is 10.6. The standard InChI is InChI=1S/C14H24N2O3/c1-11-4-5-14(19-8-6-12(2)17)13(16-11)10-15-7-9-18-3/h4-5,12,15,17H,6-10H2,1-3H3. The molecule has 0 aliphatic rings. The second-order valence-corrected chi connectivity index (χ2v) is 4.55. The number of rotatable bonds is 9. The van der Waals surface area contributed by atoms with Crippen molar-refractivity contribution in [1.29, 1.82) is 0 Å². The van der Waals surface area contributed by atoms with Crippen LogP contribution in [-0.4, -0.2) is 43.1 Å². The van der Waals surface area contributed by atoms with Gasteiger partial charge in [0, 0.05) is 32.3 Å². The smallest absolute Gasteiger partial charge is 0.142 e. The van der Waals surface area contributed by atoms with E-state index in [0.717, 1.165) is 23.7 Å². The third-order valence-electron chi connectivity index (χ3n) is 2.64. The Hall–Kier alpha value is -1.17. The maximum absolute atomic E-state index is 9.22. The molecule has 0 amide bonds. The molecule has 0 saturated heterocycles. The highest BCUT2D eigenvalue weighted by atomic mass is 16.5. The third-order valence-corrected chi connectivity index (χ3v) is 2.64. The molecule has 0 saturated carbocycles. The fourth-order valence-corrected chi connectivity index (χ4v) is 1.58. The first-order chi connectivity index (χ1) is 9.13. The van der Waals surface area contributed by atoms with Gasteiger partial charge in [0.15, 0.2) is 0 Å². The van der Waals surface area contributed by atoms with Crippen molar-refractivity contribution in [3.05, 3.63) is 23.5 Å². The second-order valence-electron chi connectivity index (χ2n) is 4.55. The van der Waals surface area contributed by atoms with Crippen molar-refractivity contribution in [2.75, 3.05) is 26.9 Å². The van der Waals surface area contributed by atoms with E-state index in [0.29, 0.717) is 26.2 Å². The number of aryl methyl sites for hydroxylation is 1. The Kier molecular flexibility index (Phi) is 7.40. The van der Waals surface area contributed by atoms with Gasteiger partial charge in [0.2, 0.25) is 0 Å². The second kappa shape index (κ2) is 8.85. The molecular weight excluding hydrogens is 244 g/mol. The molecule has 1 heterocycles. The molecule has 2 N–H and O–H groups in total. The Morgan fingerprint density at radius 2 is 2.16 bits per heavy atom. The van der Waals surface area contributed by atoms with Crippen molar-refractivity contribution >= 4 is 0 Å². The molecule has 19 heavy (non-hydrogen) atoms. The van der Waals surface area contributed by atoms with Crippen molar-refractivity contribution in [3.8, 4) is 5.75 Å². The molecule has 1 unspecified atom stereocenters. The highest BCUT2D eigenvalue weighted by Crippen LogP contribution is 2.17. The van der Waals surface area contributed by atoms with Gasteiger partial charge in [0.25, 0.3) is 0 Å². The van der Waals surface area contributed by atoms with E-state index in [9.17, 15) is 5.11 Å². The monoisotopic (exact) mass is 268 g/mol. The molecular formula is C14H24N2O3. The van der Waals surface area contributed by atoms with Gasteiger partial charge in [-0.15, -0.1) is 0 Å². The summed E-state index contributed by atoms with van der Waals surface area (Å²) in [5.74, 6) is 0.774. The number of pyridine rings is 1. The predicted octanol–water partition coefficient (Wildman–Crippen LogP) is 1.28. The maximum Gasteiger partial charge on any atom is 0.142 e. The van der Waals surface area contributed by atoms with Crippen molar-refractivity contribution in [1.82, 2.24) is 10.3 Å². The quantitative estimate of drug-likeness (QED) is 0.660. The van der Waals surface area contributed by atoms with Gasteiger partial charge in [-0.25, -0.2) is 0 Å². The molecule has 5 heteroatoms. The molecule has 1 aromatic heterocycles. The number of nitrogens with one attached hydrogen (secondary N) is 1. The van der Waals surface area contributed by atoms with Crippen LogP contribution in [0, 0.1) is 6.92 Å². The van der Waals surface area contributed by atoms with Crippen LogP contribution in [0.2, 0.25) is 0 Å². The van der Waals surface area contributed by atoms with E-state index < -0.39 is 0 Å². The summed E-state index contributed by atoms with van der Waals surface area (Å²) >= 11 is 0. The molecule has 0 fully saturated rings. The van der Waals surface area contributed by atoms with Crippen molar-refractivity contribution in [2.24, 2.45) is 0 Å². The lowest BCUT2D eigenvalue weighted by Crippen LogP contribution is -2.20. The van der Waals surface area contributed by atoms with Crippen LogP contribution in [0.1, 0.15) is 24.7 Å². The van der Waals surface area contributed by atoms with Gasteiger partial charge in [-0.05, 0) is 26.0 Å². The largest absolute Gasteiger partial charge is 0.492 e. The van der Waals surface area contributed by atoms with Gasteiger partial charge < -0.3 is 19.9 Å². The first-order valence-corrected chi connectivity index (χ1v) is 6.60. The summed E-state index contributed by atoms with van der Waals surface area (Å²) in [5.41, 5.74) is 1.85. The summed E-state index contributed by atoms with van der Waals surface area (Å²) in [6.07, 6.45) is 0.270. The molecule has 1 atom stereocenters. The molecule has 1 rings (SSSR count). The molecule has 108 valence electrons. The van der Waals surface area contributed by atoms with E-state index >= 15 is 0 Å². The fourth-order valence-electron chi connectivity index (χ4n) is 1.58. The zero-order chi connectivity index (χ0) is 14.1. The van der Waals surface area contributed by atoms with Gasteiger partial charge in [0.1, 0.15) is 5.75 Å². The number of hydrogen-bond donors (Lipinski definition) is 2. The summed E-state index contributed by atoms with van der Waals surface area (Å²) in [6.45, 7) is 6.30. The molecule has 0 aliphatic heterocycles. The molecule has 0 radical (unpaired) electrons. The van der Waals surface area contributed by atoms with E-state index in [1.165, 1.54) is 0 Å². The highest BCUT2D eigenvalue weighted by Gasteiger charge is 2.06. The molecule has 0 aliphatic carbocycles. The van der Waals surface area contributed by atoms with E-state index in [1.54, 1.807) is 14.0 Å². The maximum atomic E-state index is 9.22. The van der Waals surface area contributed by atoms with E-state index in [-0.39, 0.29) is 6.10 Å². The van der Waals surface area contributed by atoms with Crippen LogP contribution in [0.5, 0.6) is 5.75 Å². The molecule has 5 nitrogen and oxygen atoms in total. The average molecular weight is 268 g/mol. The summed E-state index contributed by atoms with van der Waals surface area (Å²) in [5, 5.41) is 12.5. The lowest BCUT2D eigenvalue weighted by Gasteiger charge is -2.13. The van der Waals surface area contributed by atoms with Gasteiger partial charge >= 0.3 is 0 Å². The molecule has 0 bridgehead atoms. The van der Waals surface area contributed by atoms with Crippen molar-refractivity contribution in [3.63, 3.8) is 0 Å². The highest BCUT2D eigenvalue weighted by molar-refractivity contribution is 5.29. The number of aromatic nitrogens is 1. The number of hydrogen-bond acceptors (Lipinski definition) is 5. The van der Waals surface area contributed by atoms with Crippen LogP contribution in [0.4, 0.5) is 0 Å². The minimum Gasteiger partial charge on any atom is -0.492 e.